The summed E-state index contributed by atoms with van der Waals surface area (Å²) in [5.41, 5.74) is 1.01. The van der Waals surface area contributed by atoms with Crippen molar-refractivity contribution in [1.82, 2.24) is 10.2 Å². The van der Waals surface area contributed by atoms with E-state index >= 15 is 0 Å². The zero-order valence-electron chi connectivity index (χ0n) is 14.9. The van der Waals surface area contributed by atoms with E-state index in [-0.39, 0.29) is 11.3 Å². The van der Waals surface area contributed by atoms with Gasteiger partial charge < -0.3 is 5.32 Å². The summed E-state index contributed by atoms with van der Waals surface area (Å²) in [5.74, 6) is 2.62. The van der Waals surface area contributed by atoms with Crippen LogP contribution in [0.1, 0.15) is 44.9 Å². The number of aromatic nitrogens is 2. The number of carbonyl (C=O) groups is 1. The molecule has 1 aromatic heterocycles. The molecule has 1 aromatic carbocycles. The third kappa shape index (κ3) is 3.50. The van der Waals surface area contributed by atoms with Gasteiger partial charge in [-0.3, -0.25) is 4.79 Å². The van der Waals surface area contributed by atoms with Crippen molar-refractivity contribution in [3.63, 3.8) is 0 Å². The fourth-order valence-electron chi connectivity index (χ4n) is 6.06. The van der Waals surface area contributed by atoms with E-state index < -0.39 is 0 Å². The molecule has 0 unspecified atom stereocenters. The predicted octanol–water partition coefficient (Wildman–Crippen LogP) is 6.06. The van der Waals surface area contributed by atoms with Crippen LogP contribution in [0.2, 0.25) is 10.0 Å². The Morgan fingerprint density at radius 1 is 1.11 bits per heavy atom. The van der Waals surface area contributed by atoms with Crippen LogP contribution >= 0.6 is 34.5 Å². The van der Waals surface area contributed by atoms with E-state index in [9.17, 15) is 4.79 Å². The van der Waals surface area contributed by atoms with Gasteiger partial charge in [-0.2, -0.15) is 0 Å². The molecule has 27 heavy (non-hydrogen) atoms. The minimum atomic E-state index is 0.0712. The molecule has 4 fully saturated rings. The second-order valence-corrected chi connectivity index (χ2v) is 10.5. The molecule has 0 saturated heterocycles. The highest BCUT2D eigenvalue weighted by Crippen LogP contribution is 2.61. The lowest BCUT2D eigenvalue weighted by molar-refractivity contribution is -0.124. The van der Waals surface area contributed by atoms with E-state index in [1.807, 2.05) is 6.07 Å². The van der Waals surface area contributed by atoms with Crippen LogP contribution in [0.3, 0.4) is 0 Å². The highest BCUT2D eigenvalue weighted by molar-refractivity contribution is 7.18. The van der Waals surface area contributed by atoms with Crippen molar-refractivity contribution in [1.29, 1.82) is 0 Å². The molecule has 4 nitrogen and oxygen atoms in total. The minimum Gasteiger partial charge on any atom is -0.301 e. The normalized spacial score (nSPS) is 31.3. The Morgan fingerprint density at radius 3 is 2.41 bits per heavy atom. The highest BCUT2D eigenvalue weighted by Gasteiger charge is 2.51. The van der Waals surface area contributed by atoms with Gasteiger partial charge in [-0.1, -0.05) is 34.5 Å². The predicted molar refractivity (Wildman–Crippen MR) is 109 cm³/mol. The summed E-state index contributed by atoms with van der Waals surface area (Å²) in [6.07, 6.45) is 8.48. The topological polar surface area (TPSA) is 54.9 Å². The number of benzene rings is 1. The second kappa shape index (κ2) is 6.71. The lowest BCUT2D eigenvalue weighted by Gasteiger charge is -2.56. The molecule has 4 aliphatic carbocycles. The van der Waals surface area contributed by atoms with Gasteiger partial charge in [0.2, 0.25) is 11.0 Å². The van der Waals surface area contributed by atoms with Crippen LogP contribution in [0.25, 0.3) is 10.6 Å². The van der Waals surface area contributed by atoms with Crippen molar-refractivity contribution >= 4 is 45.6 Å². The number of rotatable bonds is 4. The molecule has 1 amide bonds. The molecule has 0 radical (unpaired) electrons. The maximum absolute atomic E-state index is 12.7. The monoisotopic (exact) mass is 421 g/mol. The van der Waals surface area contributed by atoms with E-state index in [2.05, 4.69) is 15.5 Å². The summed E-state index contributed by atoms with van der Waals surface area (Å²) in [7, 11) is 0. The average molecular weight is 422 g/mol. The molecule has 0 aliphatic heterocycles. The van der Waals surface area contributed by atoms with Crippen LogP contribution in [-0.2, 0) is 4.79 Å². The third-order valence-electron chi connectivity index (χ3n) is 6.53. The standard InChI is InChI=1S/C20H21Cl2N3OS/c21-14-1-2-15(16(22)6-14)18-24-25-19(27-18)23-17(26)10-20-7-11-3-12(8-20)5-13(4-11)9-20/h1-2,6,11-13H,3-5,7-10H2,(H,23,25,26). The Kier molecular flexibility index (Phi) is 4.45. The highest BCUT2D eigenvalue weighted by atomic mass is 35.5. The molecule has 4 bridgehead atoms. The molecule has 0 atom stereocenters. The largest absolute Gasteiger partial charge is 0.301 e. The van der Waals surface area contributed by atoms with Gasteiger partial charge in [0, 0.05) is 17.0 Å². The van der Waals surface area contributed by atoms with Crippen LogP contribution in [-0.4, -0.2) is 16.1 Å². The number of hydrogen-bond donors (Lipinski definition) is 1. The van der Waals surface area contributed by atoms with Gasteiger partial charge in [0.15, 0.2) is 5.01 Å². The molecule has 142 valence electrons. The van der Waals surface area contributed by atoms with E-state index in [0.29, 0.717) is 26.6 Å². The molecule has 1 heterocycles. The van der Waals surface area contributed by atoms with Crippen LogP contribution in [0.5, 0.6) is 0 Å². The molecule has 4 aliphatic rings. The van der Waals surface area contributed by atoms with Gasteiger partial charge in [0.05, 0.1) is 5.02 Å². The second-order valence-electron chi connectivity index (χ2n) is 8.68. The number of anilines is 1. The molecule has 1 N–H and O–H groups in total. The number of nitrogens with zero attached hydrogens (tertiary/aromatic N) is 2. The minimum absolute atomic E-state index is 0.0712. The summed E-state index contributed by atoms with van der Waals surface area (Å²) in [4.78, 5) is 12.7. The third-order valence-corrected chi connectivity index (χ3v) is 7.95. The summed E-state index contributed by atoms with van der Waals surface area (Å²) < 4.78 is 0. The van der Waals surface area contributed by atoms with Gasteiger partial charge in [0.1, 0.15) is 0 Å². The Morgan fingerprint density at radius 2 is 1.78 bits per heavy atom. The SMILES string of the molecule is O=C(CC12CC3CC(CC(C3)C1)C2)Nc1nnc(-c2ccc(Cl)cc2Cl)s1. The number of nitrogens with one attached hydrogen (secondary N) is 1. The summed E-state index contributed by atoms with van der Waals surface area (Å²) in [6, 6.07) is 5.28. The van der Waals surface area contributed by atoms with Crippen molar-refractivity contribution in [3.8, 4) is 10.6 Å². The smallest absolute Gasteiger partial charge is 0.226 e. The Hall–Kier alpha value is -1.17. The first-order valence-electron chi connectivity index (χ1n) is 9.57. The van der Waals surface area contributed by atoms with Gasteiger partial charge in [-0.05, 0) is 79.9 Å². The van der Waals surface area contributed by atoms with E-state index in [1.54, 1.807) is 12.1 Å². The molecular formula is C20H21Cl2N3OS. The first-order valence-corrected chi connectivity index (χ1v) is 11.1. The molecule has 2 aromatic rings. The Labute approximate surface area is 172 Å². The number of halogens is 2. The zero-order chi connectivity index (χ0) is 18.6. The maximum atomic E-state index is 12.7. The molecule has 0 spiro atoms. The quantitative estimate of drug-likeness (QED) is 0.652. The Balaban J connectivity index is 1.27. The Bertz CT molecular complexity index is 862. The van der Waals surface area contributed by atoms with Crippen molar-refractivity contribution in [2.45, 2.75) is 44.9 Å². The van der Waals surface area contributed by atoms with Crippen LogP contribution < -0.4 is 5.32 Å². The van der Waals surface area contributed by atoms with Crippen LogP contribution in [0.4, 0.5) is 5.13 Å². The van der Waals surface area contributed by atoms with Gasteiger partial charge in [-0.15, -0.1) is 10.2 Å². The molecule has 7 heteroatoms. The van der Waals surface area contributed by atoms with Crippen molar-refractivity contribution in [2.75, 3.05) is 5.32 Å². The van der Waals surface area contributed by atoms with Crippen molar-refractivity contribution in [3.05, 3.63) is 28.2 Å². The maximum Gasteiger partial charge on any atom is 0.226 e. The first kappa shape index (κ1) is 17.9. The van der Waals surface area contributed by atoms with E-state index in [4.69, 9.17) is 23.2 Å². The summed E-state index contributed by atoms with van der Waals surface area (Å²) in [5, 5.41) is 13.6. The van der Waals surface area contributed by atoms with Crippen LogP contribution in [0, 0.1) is 23.2 Å². The molecule has 6 rings (SSSR count). The van der Waals surface area contributed by atoms with Gasteiger partial charge in [-0.25, -0.2) is 0 Å². The number of carbonyl (C=O) groups excluding carboxylic acids is 1. The average Bonchev–Trinajstić information content (AvgIpc) is 3.00. The summed E-state index contributed by atoms with van der Waals surface area (Å²) in [6.45, 7) is 0. The molecule has 4 saturated carbocycles. The van der Waals surface area contributed by atoms with Crippen molar-refractivity contribution in [2.24, 2.45) is 23.2 Å². The zero-order valence-corrected chi connectivity index (χ0v) is 17.2. The fourth-order valence-corrected chi connectivity index (χ4v) is 7.41. The molecular weight excluding hydrogens is 401 g/mol. The first-order chi connectivity index (χ1) is 13.0. The van der Waals surface area contributed by atoms with Gasteiger partial charge >= 0.3 is 0 Å². The summed E-state index contributed by atoms with van der Waals surface area (Å²) >= 11 is 13.5. The van der Waals surface area contributed by atoms with E-state index in [0.717, 1.165) is 23.3 Å². The van der Waals surface area contributed by atoms with E-state index in [1.165, 1.54) is 49.9 Å². The van der Waals surface area contributed by atoms with Gasteiger partial charge in [0.25, 0.3) is 0 Å². The lowest BCUT2D eigenvalue weighted by Crippen LogP contribution is -2.47. The fraction of sp³-hybridized carbons (Fsp3) is 0.550. The van der Waals surface area contributed by atoms with Crippen LogP contribution in [0.15, 0.2) is 18.2 Å². The number of hydrogen-bond acceptors (Lipinski definition) is 4. The lowest BCUT2D eigenvalue weighted by atomic mass is 9.49. The number of amides is 1. The van der Waals surface area contributed by atoms with Crippen molar-refractivity contribution < 1.29 is 4.79 Å².